The van der Waals surface area contributed by atoms with E-state index in [4.69, 9.17) is 32.9 Å². The quantitative estimate of drug-likeness (QED) is 0.192. The van der Waals surface area contributed by atoms with Crippen molar-refractivity contribution < 1.29 is 9.53 Å². The number of nitrogens with zero attached hydrogens (tertiary/aromatic N) is 1. The second-order valence-electron chi connectivity index (χ2n) is 9.79. The smallest absolute Gasteiger partial charge is 0.254 e. The van der Waals surface area contributed by atoms with E-state index in [2.05, 4.69) is 62.6 Å². The van der Waals surface area contributed by atoms with Crippen LogP contribution in [0, 0.1) is 7.14 Å². The van der Waals surface area contributed by atoms with Gasteiger partial charge in [-0.2, -0.15) is 0 Å². The van der Waals surface area contributed by atoms with Gasteiger partial charge in [-0.25, -0.2) is 4.99 Å². The van der Waals surface area contributed by atoms with Crippen molar-refractivity contribution in [1.29, 1.82) is 0 Å². The minimum absolute atomic E-state index is 0.0366. The fourth-order valence-corrected chi connectivity index (χ4v) is 8.87. The van der Waals surface area contributed by atoms with Crippen LogP contribution in [-0.2, 0) is 19.4 Å². The standard InChI is InChI=1S/C29H28Cl2I2N2O2S/c30-19-11-10-17(23(31)13-19)16-37-27-18(12-20(32)14-24(27)33)15-34-29-26(22-8-4-5-9-25(22)38-29)28(36)35-21-6-2-1-3-7-21/h10-15,21H,1-9,16H2,(H,35,36). The Bertz CT molecular complexity index is 1370. The van der Waals surface area contributed by atoms with E-state index < -0.39 is 0 Å². The van der Waals surface area contributed by atoms with Crippen molar-refractivity contribution in [3.8, 4) is 5.75 Å². The second-order valence-corrected chi connectivity index (χ2v) is 14.1. The zero-order valence-electron chi connectivity index (χ0n) is 20.8. The highest BCUT2D eigenvalue weighted by molar-refractivity contribution is 14.1. The number of carbonyl (C=O) groups excluding carboxylic acids is 1. The van der Waals surface area contributed by atoms with Crippen LogP contribution >= 0.6 is 79.7 Å². The highest BCUT2D eigenvalue weighted by Gasteiger charge is 2.27. The number of hydrogen-bond acceptors (Lipinski definition) is 4. The Balaban J connectivity index is 1.44. The van der Waals surface area contributed by atoms with Crippen LogP contribution in [0.5, 0.6) is 5.75 Å². The minimum atomic E-state index is 0.0366. The highest BCUT2D eigenvalue weighted by Crippen LogP contribution is 2.40. The average Bonchev–Trinajstić information content (AvgIpc) is 3.27. The molecule has 9 heteroatoms. The third-order valence-electron chi connectivity index (χ3n) is 7.07. The number of hydrogen-bond donors (Lipinski definition) is 1. The van der Waals surface area contributed by atoms with E-state index in [1.165, 1.54) is 36.1 Å². The summed E-state index contributed by atoms with van der Waals surface area (Å²) >= 11 is 18.7. The number of aliphatic imine (C=N–C) groups is 1. The number of amides is 1. The van der Waals surface area contributed by atoms with Crippen LogP contribution in [0.25, 0.3) is 0 Å². The molecule has 0 radical (unpaired) electrons. The molecule has 1 amide bonds. The molecule has 2 aliphatic carbocycles. The maximum absolute atomic E-state index is 13.5. The summed E-state index contributed by atoms with van der Waals surface area (Å²) in [5.74, 6) is 0.782. The van der Waals surface area contributed by atoms with E-state index in [9.17, 15) is 4.79 Å². The van der Waals surface area contributed by atoms with Crippen molar-refractivity contribution in [1.82, 2.24) is 5.32 Å². The SMILES string of the molecule is O=C(NC1CCCCC1)c1c(N=Cc2cc(I)cc(I)c2OCc2ccc(Cl)cc2Cl)sc2c1CCCC2. The monoisotopic (exact) mass is 792 g/mol. The number of fused-ring (bicyclic) bond motifs is 1. The van der Waals surface area contributed by atoms with Gasteiger partial charge < -0.3 is 10.1 Å². The lowest BCUT2D eigenvalue weighted by Crippen LogP contribution is -2.36. The molecule has 200 valence electrons. The molecule has 2 aliphatic rings. The van der Waals surface area contributed by atoms with Crippen LogP contribution < -0.4 is 10.1 Å². The molecule has 0 bridgehead atoms. The van der Waals surface area contributed by atoms with E-state index >= 15 is 0 Å². The fraction of sp³-hybridized carbons (Fsp3) is 0.379. The maximum atomic E-state index is 13.5. The van der Waals surface area contributed by atoms with Crippen molar-refractivity contribution in [2.75, 3.05) is 0 Å². The van der Waals surface area contributed by atoms with Crippen LogP contribution in [0.2, 0.25) is 10.0 Å². The van der Waals surface area contributed by atoms with Crippen LogP contribution in [0.15, 0.2) is 35.3 Å². The topological polar surface area (TPSA) is 50.7 Å². The number of carbonyl (C=O) groups is 1. The van der Waals surface area contributed by atoms with Crippen LogP contribution in [0.1, 0.15) is 76.9 Å². The first-order valence-electron chi connectivity index (χ1n) is 12.9. The van der Waals surface area contributed by atoms with Crippen LogP contribution in [0.3, 0.4) is 0 Å². The molecule has 1 aromatic heterocycles. The number of benzene rings is 2. The number of nitrogens with one attached hydrogen (secondary N) is 1. The van der Waals surface area contributed by atoms with Crippen LogP contribution in [0.4, 0.5) is 5.00 Å². The van der Waals surface area contributed by atoms with E-state index in [1.807, 2.05) is 18.3 Å². The summed E-state index contributed by atoms with van der Waals surface area (Å²) in [6.07, 6.45) is 11.9. The number of halogens is 4. The summed E-state index contributed by atoms with van der Waals surface area (Å²) in [7, 11) is 0. The Kier molecular flexibility index (Phi) is 9.94. The third-order valence-corrected chi connectivity index (χ3v) is 10.3. The van der Waals surface area contributed by atoms with E-state index in [0.29, 0.717) is 16.7 Å². The Morgan fingerprint density at radius 3 is 2.66 bits per heavy atom. The van der Waals surface area contributed by atoms with Gasteiger partial charge in [0, 0.05) is 41.9 Å². The molecule has 0 saturated heterocycles. The number of aryl methyl sites for hydroxylation is 1. The summed E-state index contributed by atoms with van der Waals surface area (Å²) < 4.78 is 8.35. The Morgan fingerprint density at radius 2 is 1.87 bits per heavy atom. The molecule has 1 saturated carbocycles. The van der Waals surface area contributed by atoms with Crippen LogP contribution in [-0.4, -0.2) is 18.2 Å². The lowest BCUT2D eigenvalue weighted by atomic mass is 9.93. The predicted octanol–water partition coefficient (Wildman–Crippen LogP) is 9.53. The summed E-state index contributed by atoms with van der Waals surface area (Å²) in [5.41, 5.74) is 3.72. The van der Waals surface area contributed by atoms with Gasteiger partial charge in [-0.1, -0.05) is 48.5 Å². The zero-order chi connectivity index (χ0) is 26.6. The number of thiophene rings is 1. The van der Waals surface area contributed by atoms with Crippen molar-refractivity contribution in [3.05, 3.63) is 74.6 Å². The first kappa shape index (κ1) is 28.6. The van der Waals surface area contributed by atoms with Gasteiger partial charge in [0.1, 0.15) is 17.4 Å². The third kappa shape index (κ3) is 6.87. The van der Waals surface area contributed by atoms with Crippen molar-refractivity contribution in [2.24, 2.45) is 4.99 Å². The molecule has 0 unspecified atom stereocenters. The number of rotatable bonds is 7. The Morgan fingerprint density at radius 1 is 1.08 bits per heavy atom. The Labute approximate surface area is 265 Å². The maximum Gasteiger partial charge on any atom is 0.254 e. The van der Waals surface area contributed by atoms with Gasteiger partial charge in [-0.3, -0.25) is 4.79 Å². The van der Waals surface area contributed by atoms with Gasteiger partial charge in [0.15, 0.2) is 0 Å². The summed E-state index contributed by atoms with van der Waals surface area (Å²) in [6.45, 7) is 0.315. The lowest BCUT2D eigenvalue weighted by molar-refractivity contribution is 0.0927. The molecule has 1 N–H and O–H groups in total. The summed E-state index contributed by atoms with van der Waals surface area (Å²) in [6, 6.07) is 9.81. The molecular weight excluding hydrogens is 765 g/mol. The molecule has 0 aliphatic heterocycles. The van der Waals surface area contributed by atoms with Gasteiger partial charge >= 0.3 is 0 Å². The van der Waals surface area contributed by atoms with E-state index in [-0.39, 0.29) is 11.9 Å². The van der Waals surface area contributed by atoms with Crippen molar-refractivity contribution in [3.63, 3.8) is 0 Å². The zero-order valence-corrected chi connectivity index (χ0v) is 27.4. The number of ether oxygens (including phenoxy) is 1. The molecule has 4 nitrogen and oxygen atoms in total. The molecule has 5 rings (SSSR count). The van der Waals surface area contributed by atoms with E-state index in [0.717, 1.165) is 66.7 Å². The second kappa shape index (κ2) is 13.2. The molecule has 3 aromatic rings. The average molecular weight is 793 g/mol. The summed E-state index contributed by atoms with van der Waals surface area (Å²) in [5, 5.41) is 5.30. The fourth-order valence-electron chi connectivity index (χ4n) is 5.13. The van der Waals surface area contributed by atoms with Gasteiger partial charge in [0.05, 0.1) is 9.13 Å². The molecule has 0 spiro atoms. The highest BCUT2D eigenvalue weighted by atomic mass is 127. The molecule has 2 aromatic carbocycles. The Hall–Kier alpha value is -0.880. The molecule has 0 atom stereocenters. The molecular formula is C29H28Cl2I2N2O2S. The summed E-state index contributed by atoms with van der Waals surface area (Å²) in [4.78, 5) is 19.8. The first-order chi connectivity index (χ1) is 18.4. The van der Waals surface area contributed by atoms with Gasteiger partial charge in [0.25, 0.3) is 5.91 Å². The van der Waals surface area contributed by atoms with Gasteiger partial charge in [-0.15, -0.1) is 11.3 Å². The molecule has 38 heavy (non-hydrogen) atoms. The predicted molar refractivity (Wildman–Crippen MR) is 175 cm³/mol. The lowest BCUT2D eigenvalue weighted by Gasteiger charge is -2.23. The van der Waals surface area contributed by atoms with E-state index in [1.54, 1.807) is 17.4 Å². The minimum Gasteiger partial charge on any atom is -0.487 e. The first-order valence-corrected chi connectivity index (χ1v) is 16.7. The van der Waals surface area contributed by atoms with Gasteiger partial charge in [-0.05, 0) is 114 Å². The normalized spacial score (nSPS) is 16.0. The van der Waals surface area contributed by atoms with Crippen molar-refractivity contribution >= 4 is 96.8 Å². The van der Waals surface area contributed by atoms with Crippen molar-refractivity contribution in [2.45, 2.75) is 70.4 Å². The molecule has 1 fully saturated rings. The largest absolute Gasteiger partial charge is 0.487 e. The van der Waals surface area contributed by atoms with Gasteiger partial charge in [0.2, 0.25) is 0 Å². The molecule has 1 heterocycles.